The normalized spacial score (nSPS) is 19.4. The summed E-state index contributed by atoms with van der Waals surface area (Å²) in [6.07, 6.45) is 1.46. The average molecular weight is 443 g/mol. The van der Waals surface area contributed by atoms with Crippen LogP contribution in [0.4, 0.5) is 5.69 Å². The van der Waals surface area contributed by atoms with Crippen molar-refractivity contribution in [3.63, 3.8) is 0 Å². The van der Waals surface area contributed by atoms with E-state index in [4.69, 9.17) is 11.6 Å². The molecule has 1 N–H and O–H groups in total. The number of hydrogen-bond donors (Lipinski definition) is 1. The SMILES string of the molecule is CCCCN1C(=O)[C@@](O)(CC(=O)c2ccc(Cl)s2)c2cc(Br)ccc21. The third-order valence-electron chi connectivity index (χ3n) is 4.29. The first-order chi connectivity index (χ1) is 11.9. The zero-order valence-corrected chi connectivity index (χ0v) is 16.7. The molecule has 1 aliphatic rings. The van der Waals surface area contributed by atoms with Crippen LogP contribution in [0.15, 0.2) is 34.8 Å². The van der Waals surface area contributed by atoms with Crippen LogP contribution in [0.2, 0.25) is 4.34 Å². The Morgan fingerprint density at radius 2 is 2.12 bits per heavy atom. The average Bonchev–Trinajstić information content (AvgIpc) is 3.09. The standard InChI is InChI=1S/C18H17BrClNO3S/c1-2-3-8-21-13-5-4-11(19)9-12(13)18(24,17(21)23)10-14(22)15-6-7-16(20)25-15/h4-7,9,24H,2-3,8,10H2,1H3/t18-/m1/s1. The number of unbranched alkanes of at least 4 members (excludes halogenated alkanes) is 1. The molecule has 1 aliphatic heterocycles. The molecule has 4 nitrogen and oxygen atoms in total. The number of rotatable bonds is 6. The molecule has 1 amide bonds. The van der Waals surface area contributed by atoms with Gasteiger partial charge in [0.2, 0.25) is 0 Å². The molecule has 0 bridgehead atoms. The number of anilines is 1. The second-order valence-corrected chi connectivity index (χ2v) is 8.67. The lowest BCUT2D eigenvalue weighted by atomic mass is 9.89. The second kappa shape index (κ2) is 7.19. The summed E-state index contributed by atoms with van der Waals surface area (Å²) in [5.41, 5.74) is -0.708. The van der Waals surface area contributed by atoms with Gasteiger partial charge in [-0.25, -0.2) is 0 Å². The van der Waals surface area contributed by atoms with Gasteiger partial charge in [0, 0.05) is 16.6 Å². The van der Waals surface area contributed by atoms with Gasteiger partial charge in [-0.15, -0.1) is 11.3 Å². The summed E-state index contributed by atoms with van der Waals surface area (Å²) < 4.78 is 1.25. The monoisotopic (exact) mass is 441 g/mol. The number of thiophene rings is 1. The number of hydrogen-bond acceptors (Lipinski definition) is 4. The van der Waals surface area contributed by atoms with Crippen LogP contribution >= 0.6 is 38.9 Å². The molecule has 0 aliphatic carbocycles. The Balaban J connectivity index is 1.98. The number of carbonyl (C=O) groups is 2. The van der Waals surface area contributed by atoms with Crippen molar-refractivity contribution < 1.29 is 14.7 Å². The first-order valence-electron chi connectivity index (χ1n) is 7.99. The van der Waals surface area contributed by atoms with Gasteiger partial charge in [-0.3, -0.25) is 9.59 Å². The Hall–Kier alpha value is -1.21. The van der Waals surface area contributed by atoms with Crippen LogP contribution in [-0.2, 0) is 10.4 Å². The number of aliphatic hydroxyl groups is 1. The Bertz CT molecular complexity index is 837. The van der Waals surface area contributed by atoms with E-state index in [0.717, 1.165) is 28.7 Å². The van der Waals surface area contributed by atoms with Gasteiger partial charge < -0.3 is 10.0 Å². The van der Waals surface area contributed by atoms with Crippen LogP contribution in [0.5, 0.6) is 0 Å². The van der Waals surface area contributed by atoms with E-state index in [1.165, 1.54) is 0 Å². The topological polar surface area (TPSA) is 57.6 Å². The number of halogens is 2. The lowest BCUT2D eigenvalue weighted by Gasteiger charge is -2.22. The summed E-state index contributed by atoms with van der Waals surface area (Å²) in [5, 5.41) is 11.2. The van der Waals surface area contributed by atoms with E-state index in [0.29, 0.717) is 27.0 Å². The maximum Gasteiger partial charge on any atom is 0.264 e. The summed E-state index contributed by atoms with van der Waals surface area (Å²) in [6, 6.07) is 8.61. The number of fused-ring (bicyclic) bond motifs is 1. The first kappa shape index (κ1) is 18.6. The molecular weight excluding hydrogens is 426 g/mol. The molecule has 1 aromatic carbocycles. The minimum Gasteiger partial charge on any atom is -0.375 e. The fourth-order valence-corrected chi connectivity index (χ4v) is 4.36. The molecular formula is C18H17BrClNO3S. The van der Waals surface area contributed by atoms with E-state index in [9.17, 15) is 14.7 Å². The van der Waals surface area contributed by atoms with Crippen molar-refractivity contribution in [3.8, 4) is 0 Å². The summed E-state index contributed by atoms with van der Waals surface area (Å²) in [4.78, 5) is 27.6. The molecule has 7 heteroatoms. The fraction of sp³-hybridized carbons (Fsp3) is 0.333. The maximum absolute atomic E-state index is 13.0. The van der Waals surface area contributed by atoms with E-state index in [-0.39, 0.29) is 12.2 Å². The Kier molecular flexibility index (Phi) is 5.34. The number of amides is 1. The highest BCUT2D eigenvalue weighted by Gasteiger charge is 2.50. The fourth-order valence-electron chi connectivity index (χ4n) is 3.02. The summed E-state index contributed by atoms with van der Waals surface area (Å²) in [5.74, 6) is -0.735. The van der Waals surface area contributed by atoms with Crippen LogP contribution in [0, 0.1) is 0 Å². The van der Waals surface area contributed by atoms with Gasteiger partial charge in [-0.1, -0.05) is 40.9 Å². The molecule has 132 valence electrons. The molecule has 0 saturated carbocycles. The van der Waals surface area contributed by atoms with Crippen molar-refractivity contribution in [1.82, 2.24) is 0 Å². The quantitative estimate of drug-likeness (QED) is 0.656. The van der Waals surface area contributed by atoms with E-state index >= 15 is 0 Å². The predicted molar refractivity (Wildman–Crippen MR) is 104 cm³/mol. The molecule has 0 radical (unpaired) electrons. The summed E-state index contributed by atoms with van der Waals surface area (Å²) in [7, 11) is 0. The minimum atomic E-state index is -1.85. The number of benzene rings is 1. The smallest absolute Gasteiger partial charge is 0.264 e. The summed E-state index contributed by atoms with van der Waals surface area (Å²) >= 11 is 10.4. The van der Waals surface area contributed by atoms with Gasteiger partial charge in [0.25, 0.3) is 5.91 Å². The number of carbonyl (C=O) groups excluding carboxylic acids is 2. The summed E-state index contributed by atoms with van der Waals surface area (Å²) in [6.45, 7) is 2.56. The molecule has 2 heterocycles. The van der Waals surface area contributed by atoms with E-state index < -0.39 is 11.5 Å². The van der Waals surface area contributed by atoms with Crippen molar-refractivity contribution in [1.29, 1.82) is 0 Å². The number of Topliss-reactive ketones (excluding diaryl/α,β-unsaturated/α-hetero) is 1. The van der Waals surface area contributed by atoms with Gasteiger partial charge in [0.15, 0.2) is 11.4 Å². The first-order valence-corrected chi connectivity index (χ1v) is 9.98. The van der Waals surface area contributed by atoms with Crippen molar-refractivity contribution in [2.45, 2.75) is 31.8 Å². The Morgan fingerprint density at radius 3 is 2.76 bits per heavy atom. The Morgan fingerprint density at radius 1 is 1.36 bits per heavy atom. The molecule has 0 unspecified atom stereocenters. The van der Waals surface area contributed by atoms with E-state index in [1.807, 2.05) is 13.0 Å². The molecule has 1 atom stereocenters. The van der Waals surface area contributed by atoms with Gasteiger partial charge in [-0.2, -0.15) is 0 Å². The van der Waals surface area contributed by atoms with Gasteiger partial charge in [0.1, 0.15) is 0 Å². The minimum absolute atomic E-state index is 0.295. The van der Waals surface area contributed by atoms with Crippen molar-refractivity contribution in [2.75, 3.05) is 11.4 Å². The molecule has 0 spiro atoms. The van der Waals surface area contributed by atoms with E-state index in [2.05, 4.69) is 15.9 Å². The van der Waals surface area contributed by atoms with Crippen LogP contribution in [-0.4, -0.2) is 23.3 Å². The largest absolute Gasteiger partial charge is 0.375 e. The zero-order valence-electron chi connectivity index (χ0n) is 13.6. The van der Waals surface area contributed by atoms with Crippen LogP contribution in [0.1, 0.15) is 41.4 Å². The maximum atomic E-state index is 13.0. The van der Waals surface area contributed by atoms with Gasteiger partial charge in [-0.05, 0) is 36.8 Å². The number of nitrogens with zero attached hydrogens (tertiary/aromatic N) is 1. The second-order valence-electron chi connectivity index (χ2n) is 6.04. The lowest BCUT2D eigenvalue weighted by molar-refractivity contribution is -0.135. The zero-order chi connectivity index (χ0) is 18.2. The van der Waals surface area contributed by atoms with Crippen molar-refractivity contribution in [3.05, 3.63) is 49.6 Å². The van der Waals surface area contributed by atoms with Crippen LogP contribution in [0.25, 0.3) is 0 Å². The third-order valence-corrected chi connectivity index (χ3v) is 6.06. The molecule has 2 aromatic rings. The highest BCUT2D eigenvalue weighted by molar-refractivity contribution is 9.10. The van der Waals surface area contributed by atoms with Crippen molar-refractivity contribution >= 4 is 56.2 Å². The van der Waals surface area contributed by atoms with Crippen LogP contribution in [0.3, 0.4) is 0 Å². The van der Waals surface area contributed by atoms with E-state index in [1.54, 1.807) is 29.2 Å². The van der Waals surface area contributed by atoms with Crippen LogP contribution < -0.4 is 4.90 Å². The Labute approximate surface area is 163 Å². The molecule has 3 rings (SSSR count). The molecule has 25 heavy (non-hydrogen) atoms. The van der Waals surface area contributed by atoms with Gasteiger partial charge in [0.05, 0.1) is 21.3 Å². The predicted octanol–water partition coefficient (Wildman–Crippen LogP) is 4.77. The lowest BCUT2D eigenvalue weighted by Crippen LogP contribution is -2.42. The highest BCUT2D eigenvalue weighted by atomic mass is 79.9. The molecule has 1 aromatic heterocycles. The highest BCUT2D eigenvalue weighted by Crippen LogP contribution is 2.44. The number of ketones is 1. The third kappa shape index (κ3) is 3.40. The van der Waals surface area contributed by atoms with Gasteiger partial charge >= 0.3 is 0 Å². The van der Waals surface area contributed by atoms with Crippen molar-refractivity contribution in [2.24, 2.45) is 0 Å². The molecule has 0 fully saturated rings. The molecule has 0 saturated heterocycles.